The van der Waals surface area contributed by atoms with E-state index in [1.165, 1.54) is 0 Å². The molecule has 1 N–H and O–H groups in total. The number of carbonyl (C=O) groups excluding carboxylic acids is 4. The molecule has 0 aromatic rings. The van der Waals surface area contributed by atoms with Gasteiger partial charge < -0.3 is 24.1 Å². The number of ketones is 1. The molecule has 5 bridgehead atoms. The standard InChI is InChI=1S/C30H36O8/c1-3-5-7-8-9-11-12-18-14-23-29(17-31)16-20-24(27(34)36-26(20)33)25-19(18)15-22(21(32)13-10-6-4-2)37-30(23,25)38-28(29)35/h3-6,14,17-19,22,25,28,35H,7-13,15-16H2,1-2H3/b5-3+,6-4+/t18-,19+,22-,25+,28+,29+,30+/m1/s1. The Morgan fingerprint density at radius 1 is 1.08 bits per heavy atom. The molecule has 0 amide bonds. The van der Waals surface area contributed by atoms with Gasteiger partial charge in [0, 0.05) is 18.4 Å². The molecule has 2 saturated heterocycles. The zero-order valence-corrected chi connectivity index (χ0v) is 22.0. The van der Waals surface area contributed by atoms with E-state index in [1.807, 2.05) is 38.2 Å². The lowest BCUT2D eigenvalue weighted by Gasteiger charge is -2.53. The molecule has 7 atom stereocenters. The van der Waals surface area contributed by atoms with Crippen LogP contribution in [0.25, 0.3) is 0 Å². The molecule has 0 aromatic carbocycles. The Balaban J connectivity index is 1.57. The molecule has 3 aliphatic heterocycles. The number of aliphatic hydroxyl groups excluding tert-OH is 1. The van der Waals surface area contributed by atoms with Gasteiger partial charge in [-0.15, -0.1) is 0 Å². The maximum absolute atomic E-state index is 13.3. The maximum Gasteiger partial charge on any atom is 0.342 e. The summed E-state index contributed by atoms with van der Waals surface area (Å²) in [6.07, 6.45) is 14.0. The largest absolute Gasteiger partial charge is 0.386 e. The average Bonchev–Trinajstić information content (AvgIpc) is 3.25. The molecular weight excluding hydrogens is 488 g/mol. The van der Waals surface area contributed by atoms with E-state index in [0.29, 0.717) is 24.7 Å². The number of rotatable bonds is 11. The van der Waals surface area contributed by atoms with Gasteiger partial charge in [-0.05, 0) is 57.8 Å². The molecule has 2 fully saturated rings. The molecule has 1 spiro atoms. The molecule has 3 heterocycles. The van der Waals surface area contributed by atoms with Gasteiger partial charge >= 0.3 is 11.9 Å². The first kappa shape index (κ1) is 26.9. The van der Waals surface area contributed by atoms with Crippen molar-refractivity contribution in [2.24, 2.45) is 23.2 Å². The highest BCUT2D eigenvalue weighted by Gasteiger charge is 2.74. The van der Waals surface area contributed by atoms with Crippen molar-refractivity contribution in [1.29, 1.82) is 0 Å². The molecule has 5 rings (SSSR count). The van der Waals surface area contributed by atoms with Crippen LogP contribution in [0, 0.1) is 23.2 Å². The molecule has 8 heteroatoms. The third kappa shape index (κ3) is 4.08. The quantitative estimate of drug-likeness (QED) is 0.142. The van der Waals surface area contributed by atoms with Gasteiger partial charge in [-0.2, -0.15) is 0 Å². The molecule has 0 unspecified atom stereocenters. The highest BCUT2D eigenvalue weighted by Crippen LogP contribution is 2.67. The van der Waals surface area contributed by atoms with Gasteiger partial charge in [-0.3, -0.25) is 4.79 Å². The van der Waals surface area contributed by atoms with Crippen LogP contribution in [-0.4, -0.2) is 47.3 Å². The van der Waals surface area contributed by atoms with E-state index in [0.717, 1.165) is 32.1 Å². The van der Waals surface area contributed by atoms with Gasteiger partial charge in [-0.25, -0.2) is 9.59 Å². The van der Waals surface area contributed by atoms with Crippen LogP contribution in [0.1, 0.15) is 71.6 Å². The summed E-state index contributed by atoms with van der Waals surface area (Å²) in [6, 6.07) is 0. The van der Waals surface area contributed by atoms with Crippen LogP contribution in [0.3, 0.4) is 0 Å². The first-order valence-electron chi connectivity index (χ1n) is 13.8. The van der Waals surface area contributed by atoms with Crippen LogP contribution in [0.2, 0.25) is 0 Å². The lowest BCUT2D eigenvalue weighted by atomic mass is 9.60. The predicted octanol–water partition coefficient (Wildman–Crippen LogP) is 4.03. The summed E-state index contributed by atoms with van der Waals surface area (Å²) in [6.45, 7) is 3.90. The first-order valence-corrected chi connectivity index (χ1v) is 13.8. The summed E-state index contributed by atoms with van der Waals surface area (Å²) in [5, 5.41) is 11.1. The van der Waals surface area contributed by atoms with Gasteiger partial charge in [0.2, 0.25) is 5.79 Å². The Hall–Kier alpha value is -2.68. The second kappa shape index (κ2) is 10.5. The fourth-order valence-corrected chi connectivity index (χ4v) is 7.14. The van der Waals surface area contributed by atoms with E-state index in [1.54, 1.807) is 0 Å². The Morgan fingerprint density at radius 3 is 2.58 bits per heavy atom. The lowest BCUT2D eigenvalue weighted by molar-refractivity contribution is -0.314. The molecule has 204 valence electrons. The maximum atomic E-state index is 13.3. The number of allylic oxidation sites excluding steroid dienone is 5. The summed E-state index contributed by atoms with van der Waals surface area (Å²) in [4.78, 5) is 51.8. The molecule has 38 heavy (non-hydrogen) atoms. The summed E-state index contributed by atoms with van der Waals surface area (Å²) < 4.78 is 17.6. The third-order valence-corrected chi connectivity index (χ3v) is 8.94. The van der Waals surface area contributed by atoms with E-state index in [2.05, 4.69) is 6.08 Å². The molecule has 0 saturated carbocycles. The number of aldehydes is 1. The van der Waals surface area contributed by atoms with E-state index < -0.39 is 41.5 Å². The number of Topliss-reactive ketones (excluding diaryl/α,β-unsaturated/α-hetero) is 1. The van der Waals surface area contributed by atoms with Crippen LogP contribution < -0.4 is 0 Å². The Labute approximate surface area is 222 Å². The van der Waals surface area contributed by atoms with Gasteiger partial charge in [0.15, 0.2) is 12.1 Å². The molecule has 0 aromatic heterocycles. The summed E-state index contributed by atoms with van der Waals surface area (Å²) >= 11 is 0. The van der Waals surface area contributed by atoms with Crippen LogP contribution >= 0.6 is 0 Å². The van der Waals surface area contributed by atoms with E-state index in [9.17, 15) is 24.3 Å². The van der Waals surface area contributed by atoms with Crippen molar-refractivity contribution in [3.8, 4) is 0 Å². The highest BCUT2D eigenvalue weighted by atomic mass is 16.8. The average molecular weight is 525 g/mol. The minimum atomic E-state index is -1.67. The fourth-order valence-electron chi connectivity index (χ4n) is 7.14. The molecule has 0 radical (unpaired) electrons. The Morgan fingerprint density at radius 2 is 1.84 bits per heavy atom. The second-order valence-corrected chi connectivity index (χ2v) is 11.1. The van der Waals surface area contributed by atoms with Crippen LogP contribution in [0.15, 0.2) is 47.1 Å². The third-order valence-electron chi connectivity index (χ3n) is 8.94. The number of cyclic esters (lactones) is 2. The molecule has 5 aliphatic rings. The second-order valence-electron chi connectivity index (χ2n) is 11.1. The fraction of sp³-hybridized carbons (Fsp3) is 0.600. The predicted molar refractivity (Wildman–Crippen MR) is 136 cm³/mol. The lowest BCUT2D eigenvalue weighted by Crippen LogP contribution is -2.59. The normalized spacial score (nSPS) is 37.4. The van der Waals surface area contributed by atoms with Gasteiger partial charge in [-0.1, -0.05) is 43.2 Å². The number of hydrogen-bond acceptors (Lipinski definition) is 8. The van der Waals surface area contributed by atoms with Crippen molar-refractivity contribution >= 4 is 24.0 Å². The molecule has 8 nitrogen and oxygen atoms in total. The van der Waals surface area contributed by atoms with Crippen LogP contribution in [-0.2, 0) is 33.4 Å². The smallest absolute Gasteiger partial charge is 0.342 e. The van der Waals surface area contributed by atoms with Crippen LogP contribution in [0.5, 0.6) is 0 Å². The van der Waals surface area contributed by atoms with Gasteiger partial charge in [0.1, 0.15) is 17.8 Å². The summed E-state index contributed by atoms with van der Waals surface area (Å²) in [5.74, 6) is -4.38. The minimum Gasteiger partial charge on any atom is -0.386 e. The van der Waals surface area contributed by atoms with E-state index in [-0.39, 0.29) is 41.6 Å². The van der Waals surface area contributed by atoms with Gasteiger partial charge in [0.25, 0.3) is 0 Å². The number of unbranched alkanes of at least 4 members (excludes halogenated alkanes) is 3. The zero-order valence-electron chi connectivity index (χ0n) is 22.0. The molecule has 2 aliphatic carbocycles. The van der Waals surface area contributed by atoms with Crippen molar-refractivity contribution in [3.63, 3.8) is 0 Å². The Bertz CT molecular complexity index is 1140. The Kier molecular flexibility index (Phi) is 7.42. The first-order chi connectivity index (χ1) is 18.3. The van der Waals surface area contributed by atoms with Crippen molar-refractivity contribution in [2.45, 2.75) is 89.8 Å². The van der Waals surface area contributed by atoms with E-state index in [4.69, 9.17) is 14.2 Å². The summed E-state index contributed by atoms with van der Waals surface area (Å²) in [7, 11) is 0. The topological polar surface area (TPSA) is 116 Å². The number of carbonyl (C=O) groups is 4. The van der Waals surface area contributed by atoms with E-state index >= 15 is 0 Å². The number of esters is 2. The monoisotopic (exact) mass is 524 g/mol. The SMILES string of the molecule is C/C=C/CCCCC[C@@H]1C=C2[C@@]34O[C@@H](C(=O)CC/C=C/C)C[C@@H]1[C@H]3C1=C(C[C@@]2(C=O)[C@@H](O)O4)C(=O)OC1=O. The molecular formula is C30H36O8. The van der Waals surface area contributed by atoms with Crippen molar-refractivity contribution in [1.82, 2.24) is 0 Å². The number of ether oxygens (including phenoxy) is 3. The summed E-state index contributed by atoms with van der Waals surface area (Å²) in [5.41, 5.74) is -0.863. The van der Waals surface area contributed by atoms with Crippen molar-refractivity contribution in [3.05, 3.63) is 47.1 Å². The highest BCUT2D eigenvalue weighted by molar-refractivity contribution is 6.13. The van der Waals surface area contributed by atoms with Gasteiger partial charge in [0.05, 0.1) is 17.1 Å². The number of aliphatic hydroxyl groups is 1. The van der Waals surface area contributed by atoms with Crippen molar-refractivity contribution in [2.75, 3.05) is 0 Å². The minimum absolute atomic E-state index is 0.0804. The van der Waals surface area contributed by atoms with Crippen LogP contribution in [0.4, 0.5) is 0 Å². The number of hydrogen-bond donors (Lipinski definition) is 1. The van der Waals surface area contributed by atoms with Crippen molar-refractivity contribution < 1.29 is 38.5 Å². The zero-order chi connectivity index (χ0) is 27.1.